The molecule has 0 fully saturated rings. The van der Waals surface area contributed by atoms with Crippen molar-refractivity contribution in [2.45, 2.75) is 13.3 Å². The Labute approximate surface area is 91.7 Å². The van der Waals surface area contributed by atoms with E-state index in [1.165, 1.54) is 10.7 Å². The molecule has 84 valence electrons. The van der Waals surface area contributed by atoms with Crippen molar-refractivity contribution in [2.75, 3.05) is 0 Å². The first-order chi connectivity index (χ1) is 7.58. The molecular weight excluding hydrogens is 212 g/mol. The number of hydrogen-bond donors (Lipinski definition) is 0. The SMILES string of the molecule is Cc1ccc(-c2cn(C)nn2)c(C(F)F)c1. The van der Waals surface area contributed by atoms with E-state index in [-0.39, 0.29) is 5.56 Å². The summed E-state index contributed by atoms with van der Waals surface area (Å²) in [6, 6.07) is 4.92. The Kier molecular flexibility index (Phi) is 2.68. The molecule has 0 radical (unpaired) electrons. The van der Waals surface area contributed by atoms with Gasteiger partial charge in [0.25, 0.3) is 6.43 Å². The van der Waals surface area contributed by atoms with Gasteiger partial charge in [-0.15, -0.1) is 5.10 Å². The molecular formula is C11H11F2N3. The van der Waals surface area contributed by atoms with Gasteiger partial charge in [0.05, 0.1) is 6.20 Å². The molecule has 0 aliphatic carbocycles. The van der Waals surface area contributed by atoms with Gasteiger partial charge < -0.3 is 0 Å². The fraction of sp³-hybridized carbons (Fsp3) is 0.273. The standard InChI is InChI=1S/C11H11F2N3/c1-7-3-4-8(9(5-7)11(12)13)10-6-16(2)15-14-10/h3-6,11H,1-2H3. The number of alkyl halides is 2. The highest BCUT2D eigenvalue weighted by molar-refractivity contribution is 5.63. The largest absolute Gasteiger partial charge is 0.264 e. The molecule has 0 N–H and O–H groups in total. The Balaban J connectivity index is 2.56. The van der Waals surface area contributed by atoms with Crippen LogP contribution >= 0.6 is 0 Å². The molecule has 0 spiro atoms. The lowest BCUT2D eigenvalue weighted by Crippen LogP contribution is -1.91. The third kappa shape index (κ3) is 1.93. The van der Waals surface area contributed by atoms with Crippen molar-refractivity contribution in [3.8, 4) is 11.3 Å². The number of aryl methyl sites for hydroxylation is 2. The van der Waals surface area contributed by atoms with Crippen LogP contribution in [0.1, 0.15) is 17.6 Å². The molecule has 3 nitrogen and oxygen atoms in total. The minimum Gasteiger partial charge on any atom is -0.255 e. The molecule has 16 heavy (non-hydrogen) atoms. The van der Waals surface area contributed by atoms with Gasteiger partial charge in [0, 0.05) is 18.2 Å². The van der Waals surface area contributed by atoms with Gasteiger partial charge in [0.2, 0.25) is 0 Å². The van der Waals surface area contributed by atoms with Crippen LogP contribution in [0.5, 0.6) is 0 Å². The normalized spacial score (nSPS) is 11.1. The van der Waals surface area contributed by atoms with E-state index in [9.17, 15) is 8.78 Å². The molecule has 5 heteroatoms. The van der Waals surface area contributed by atoms with Crippen LogP contribution in [-0.2, 0) is 7.05 Å². The Morgan fingerprint density at radius 1 is 1.31 bits per heavy atom. The monoisotopic (exact) mass is 223 g/mol. The highest BCUT2D eigenvalue weighted by Gasteiger charge is 2.16. The molecule has 0 saturated carbocycles. The van der Waals surface area contributed by atoms with Crippen molar-refractivity contribution >= 4 is 0 Å². The lowest BCUT2D eigenvalue weighted by molar-refractivity contribution is 0.152. The quantitative estimate of drug-likeness (QED) is 0.783. The topological polar surface area (TPSA) is 30.7 Å². The Morgan fingerprint density at radius 3 is 2.62 bits per heavy atom. The van der Waals surface area contributed by atoms with Gasteiger partial charge in [-0.3, -0.25) is 4.68 Å². The molecule has 0 saturated heterocycles. The zero-order valence-corrected chi connectivity index (χ0v) is 8.98. The van der Waals surface area contributed by atoms with Crippen LogP contribution in [0.2, 0.25) is 0 Å². The van der Waals surface area contributed by atoms with Crippen molar-refractivity contribution in [3.63, 3.8) is 0 Å². The highest BCUT2D eigenvalue weighted by atomic mass is 19.3. The summed E-state index contributed by atoms with van der Waals surface area (Å²) in [5, 5.41) is 7.58. The lowest BCUT2D eigenvalue weighted by atomic mass is 10.0. The molecule has 1 heterocycles. The minimum atomic E-state index is -2.50. The second-order valence-electron chi connectivity index (χ2n) is 3.67. The second kappa shape index (κ2) is 4.00. The summed E-state index contributed by atoms with van der Waals surface area (Å²) < 4.78 is 27.2. The van der Waals surface area contributed by atoms with Gasteiger partial charge in [-0.2, -0.15) is 0 Å². The lowest BCUT2D eigenvalue weighted by Gasteiger charge is -2.06. The van der Waals surface area contributed by atoms with E-state index < -0.39 is 6.43 Å². The maximum absolute atomic E-state index is 12.8. The average Bonchev–Trinajstić information content (AvgIpc) is 2.64. The fourth-order valence-corrected chi connectivity index (χ4v) is 1.57. The van der Waals surface area contributed by atoms with Crippen LogP contribution in [0, 0.1) is 6.92 Å². The second-order valence-corrected chi connectivity index (χ2v) is 3.67. The summed E-state index contributed by atoms with van der Waals surface area (Å²) >= 11 is 0. The van der Waals surface area contributed by atoms with E-state index in [0.29, 0.717) is 11.3 Å². The minimum absolute atomic E-state index is 0.000463. The van der Waals surface area contributed by atoms with Crippen molar-refractivity contribution in [3.05, 3.63) is 35.5 Å². The molecule has 0 aliphatic heterocycles. The van der Waals surface area contributed by atoms with Crippen molar-refractivity contribution in [1.82, 2.24) is 15.0 Å². The predicted octanol–water partition coefficient (Wildman–Crippen LogP) is 2.73. The average molecular weight is 223 g/mol. The molecule has 0 aliphatic rings. The summed E-state index contributed by atoms with van der Waals surface area (Å²) in [7, 11) is 1.70. The van der Waals surface area contributed by atoms with Crippen LogP contribution in [-0.4, -0.2) is 15.0 Å². The molecule has 0 unspecified atom stereocenters. The summed E-state index contributed by atoms with van der Waals surface area (Å²) in [5.41, 5.74) is 1.72. The zero-order valence-electron chi connectivity index (χ0n) is 8.98. The van der Waals surface area contributed by atoms with E-state index in [0.717, 1.165) is 5.56 Å². The Bertz CT molecular complexity index is 506. The predicted molar refractivity (Wildman–Crippen MR) is 56.1 cm³/mol. The van der Waals surface area contributed by atoms with Crippen LogP contribution in [0.15, 0.2) is 24.4 Å². The summed E-state index contributed by atoms with van der Waals surface area (Å²) in [6.07, 6.45) is -0.881. The Morgan fingerprint density at radius 2 is 2.06 bits per heavy atom. The van der Waals surface area contributed by atoms with Crippen LogP contribution in [0.3, 0.4) is 0 Å². The number of hydrogen-bond acceptors (Lipinski definition) is 2. The number of halogens is 2. The number of benzene rings is 1. The first kappa shape index (κ1) is 10.7. The summed E-state index contributed by atoms with van der Waals surface area (Å²) in [6.45, 7) is 1.78. The van der Waals surface area contributed by atoms with E-state index in [1.807, 2.05) is 0 Å². The van der Waals surface area contributed by atoms with Crippen LogP contribution in [0.25, 0.3) is 11.3 Å². The van der Waals surface area contributed by atoms with Gasteiger partial charge in [-0.1, -0.05) is 22.9 Å². The Hall–Kier alpha value is -1.78. The zero-order chi connectivity index (χ0) is 11.7. The van der Waals surface area contributed by atoms with Gasteiger partial charge in [0.1, 0.15) is 5.69 Å². The molecule has 0 atom stereocenters. The maximum atomic E-state index is 12.8. The van der Waals surface area contributed by atoms with Crippen molar-refractivity contribution < 1.29 is 8.78 Å². The fourth-order valence-electron chi connectivity index (χ4n) is 1.57. The summed E-state index contributed by atoms with van der Waals surface area (Å²) in [5.74, 6) is 0. The van der Waals surface area contributed by atoms with E-state index in [4.69, 9.17) is 0 Å². The van der Waals surface area contributed by atoms with Gasteiger partial charge in [0.15, 0.2) is 0 Å². The molecule has 2 aromatic rings. The third-order valence-electron chi connectivity index (χ3n) is 2.32. The van der Waals surface area contributed by atoms with E-state index >= 15 is 0 Å². The molecule has 1 aromatic carbocycles. The van der Waals surface area contributed by atoms with Gasteiger partial charge in [-0.25, -0.2) is 8.78 Å². The van der Waals surface area contributed by atoms with Crippen LogP contribution in [0.4, 0.5) is 8.78 Å². The van der Waals surface area contributed by atoms with E-state index in [2.05, 4.69) is 10.3 Å². The highest BCUT2D eigenvalue weighted by Crippen LogP contribution is 2.30. The van der Waals surface area contributed by atoms with E-state index in [1.54, 1.807) is 32.3 Å². The third-order valence-corrected chi connectivity index (χ3v) is 2.32. The van der Waals surface area contributed by atoms with Crippen molar-refractivity contribution in [2.24, 2.45) is 7.05 Å². The maximum Gasteiger partial charge on any atom is 0.264 e. The molecule has 0 amide bonds. The first-order valence-electron chi connectivity index (χ1n) is 4.83. The molecule has 2 rings (SSSR count). The van der Waals surface area contributed by atoms with Gasteiger partial charge in [-0.05, 0) is 13.0 Å². The smallest absolute Gasteiger partial charge is 0.255 e. The first-order valence-corrected chi connectivity index (χ1v) is 4.83. The number of aromatic nitrogens is 3. The van der Waals surface area contributed by atoms with Gasteiger partial charge >= 0.3 is 0 Å². The van der Waals surface area contributed by atoms with Crippen molar-refractivity contribution in [1.29, 1.82) is 0 Å². The number of nitrogens with zero attached hydrogens (tertiary/aromatic N) is 3. The summed E-state index contributed by atoms with van der Waals surface area (Å²) in [4.78, 5) is 0. The molecule has 1 aromatic heterocycles. The van der Waals surface area contributed by atoms with Crippen LogP contribution < -0.4 is 0 Å². The molecule has 0 bridgehead atoms. The number of rotatable bonds is 2.